The van der Waals surface area contributed by atoms with E-state index >= 15 is 0 Å². The average molecular weight is 511 g/mol. The summed E-state index contributed by atoms with van der Waals surface area (Å²) >= 11 is 0. The predicted molar refractivity (Wildman–Crippen MR) is 143 cm³/mol. The Bertz CT molecular complexity index is 1160. The Hall–Kier alpha value is -3.75. The molecule has 1 heterocycles. The zero-order chi connectivity index (χ0) is 27.4. The van der Waals surface area contributed by atoms with Gasteiger partial charge in [0.2, 0.25) is 0 Å². The molecule has 1 aliphatic heterocycles. The fourth-order valence-corrected chi connectivity index (χ4v) is 3.61. The van der Waals surface area contributed by atoms with E-state index in [-0.39, 0.29) is 6.10 Å². The van der Waals surface area contributed by atoms with Crippen LogP contribution in [0.2, 0.25) is 0 Å². The minimum Gasteiger partial charge on any atom is -0.481 e. The van der Waals surface area contributed by atoms with Crippen molar-refractivity contribution < 1.29 is 23.8 Å². The average Bonchev–Trinajstić information content (AvgIpc) is 2.76. The highest BCUT2D eigenvalue weighted by molar-refractivity contribution is 5.89. The summed E-state index contributed by atoms with van der Waals surface area (Å²) in [7, 11) is 0. The van der Waals surface area contributed by atoms with E-state index in [9.17, 15) is 9.59 Å². The van der Waals surface area contributed by atoms with Crippen molar-refractivity contribution in [2.24, 2.45) is 10.7 Å². The summed E-state index contributed by atoms with van der Waals surface area (Å²) in [6.07, 6.45) is -1.20. The Kier molecular flexibility index (Phi) is 8.35. The molecule has 2 aromatic rings. The quantitative estimate of drug-likeness (QED) is 0.536. The van der Waals surface area contributed by atoms with Crippen molar-refractivity contribution in [2.45, 2.75) is 85.4 Å². The first-order valence-electron chi connectivity index (χ1n) is 12.3. The van der Waals surface area contributed by atoms with Gasteiger partial charge < -0.3 is 25.3 Å². The summed E-state index contributed by atoms with van der Waals surface area (Å²) < 4.78 is 16.8. The second-order valence-corrected chi connectivity index (χ2v) is 11.1. The molecule has 2 amide bonds. The number of fused-ring (bicyclic) bond motifs is 1. The molecule has 9 heteroatoms. The summed E-state index contributed by atoms with van der Waals surface area (Å²) in [6, 6.07) is 13.3. The lowest BCUT2D eigenvalue weighted by atomic mass is 10.1. The van der Waals surface area contributed by atoms with E-state index < -0.39 is 23.4 Å². The van der Waals surface area contributed by atoms with Crippen LogP contribution in [-0.2, 0) is 29.1 Å². The van der Waals surface area contributed by atoms with E-state index in [4.69, 9.17) is 19.9 Å². The molecule has 0 aliphatic carbocycles. The van der Waals surface area contributed by atoms with Crippen LogP contribution in [0.25, 0.3) is 0 Å². The molecule has 0 aromatic heterocycles. The topological polar surface area (TPSA) is 115 Å². The van der Waals surface area contributed by atoms with Crippen molar-refractivity contribution in [1.29, 1.82) is 0 Å². The van der Waals surface area contributed by atoms with Gasteiger partial charge >= 0.3 is 12.2 Å². The minimum absolute atomic E-state index is 0.284. The second kappa shape index (κ2) is 11.1. The standard InChI is InChI=1S/C28H38N4O5/c1-18-24(29)31-22-14-21(11-12-23(22)35-18)17-32(26(34)37-28(5,6)7)16-20-10-8-9-19(13-20)15-30-25(33)36-27(2,3)4/h8-14,18H,15-17H2,1-7H3,(H2,29,31)(H,30,33). The number of benzene rings is 2. The molecule has 1 atom stereocenters. The van der Waals surface area contributed by atoms with Crippen molar-refractivity contribution in [2.75, 3.05) is 0 Å². The molecule has 1 unspecified atom stereocenters. The number of carbonyl (C=O) groups excluding carboxylic acids is 2. The van der Waals surface area contributed by atoms with Crippen LogP contribution >= 0.6 is 0 Å². The van der Waals surface area contributed by atoms with Gasteiger partial charge in [0, 0.05) is 19.6 Å². The van der Waals surface area contributed by atoms with Crippen LogP contribution in [0.3, 0.4) is 0 Å². The summed E-state index contributed by atoms with van der Waals surface area (Å²) in [6.45, 7) is 13.7. The van der Waals surface area contributed by atoms with Gasteiger partial charge in [-0.3, -0.25) is 4.90 Å². The fourth-order valence-electron chi connectivity index (χ4n) is 3.61. The molecule has 9 nitrogen and oxygen atoms in total. The molecular weight excluding hydrogens is 472 g/mol. The maximum absolute atomic E-state index is 13.1. The third-order valence-corrected chi connectivity index (χ3v) is 5.22. The molecule has 200 valence electrons. The smallest absolute Gasteiger partial charge is 0.410 e. The number of hydrogen-bond acceptors (Lipinski definition) is 7. The number of alkyl carbamates (subject to hydrolysis) is 1. The van der Waals surface area contributed by atoms with Crippen molar-refractivity contribution in [3.63, 3.8) is 0 Å². The van der Waals surface area contributed by atoms with Crippen molar-refractivity contribution >= 4 is 23.7 Å². The highest BCUT2D eigenvalue weighted by atomic mass is 16.6. The van der Waals surface area contributed by atoms with Crippen LogP contribution in [0.5, 0.6) is 5.75 Å². The zero-order valence-corrected chi connectivity index (χ0v) is 22.8. The van der Waals surface area contributed by atoms with E-state index in [1.54, 1.807) is 4.90 Å². The van der Waals surface area contributed by atoms with E-state index in [1.165, 1.54) is 0 Å². The van der Waals surface area contributed by atoms with E-state index in [2.05, 4.69) is 10.3 Å². The van der Waals surface area contributed by atoms with Crippen LogP contribution in [0.1, 0.15) is 65.2 Å². The van der Waals surface area contributed by atoms with Crippen molar-refractivity contribution in [3.05, 3.63) is 59.2 Å². The normalized spacial score (nSPS) is 15.1. The molecule has 3 N–H and O–H groups in total. The Morgan fingerprint density at radius 1 is 0.973 bits per heavy atom. The van der Waals surface area contributed by atoms with Crippen LogP contribution in [0.15, 0.2) is 47.5 Å². The third-order valence-electron chi connectivity index (χ3n) is 5.22. The van der Waals surface area contributed by atoms with Crippen LogP contribution in [-0.4, -0.2) is 40.2 Å². The molecule has 2 aromatic carbocycles. The van der Waals surface area contributed by atoms with Gasteiger partial charge in [0.05, 0.1) is 0 Å². The molecule has 3 rings (SSSR count). The van der Waals surface area contributed by atoms with Crippen LogP contribution < -0.4 is 15.8 Å². The van der Waals surface area contributed by atoms with E-state index in [0.717, 1.165) is 16.7 Å². The highest BCUT2D eigenvalue weighted by Gasteiger charge is 2.24. The second-order valence-electron chi connectivity index (χ2n) is 11.1. The van der Waals surface area contributed by atoms with Gasteiger partial charge in [-0.05, 0) is 77.3 Å². The fraction of sp³-hybridized carbons (Fsp3) is 0.464. The number of nitrogens with two attached hydrogens (primary N) is 1. The molecule has 0 fully saturated rings. The molecule has 0 saturated heterocycles. The van der Waals surface area contributed by atoms with Gasteiger partial charge in [-0.1, -0.05) is 30.3 Å². The van der Waals surface area contributed by atoms with Crippen molar-refractivity contribution in [1.82, 2.24) is 10.2 Å². The number of rotatable bonds is 6. The number of carbonyl (C=O) groups is 2. The number of hydrogen-bond donors (Lipinski definition) is 2. The van der Waals surface area contributed by atoms with Gasteiger partial charge in [-0.15, -0.1) is 0 Å². The molecule has 0 saturated carbocycles. The first-order valence-corrected chi connectivity index (χ1v) is 12.3. The molecule has 0 radical (unpaired) electrons. The monoisotopic (exact) mass is 510 g/mol. The lowest BCUT2D eigenvalue weighted by molar-refractivity contribution is 0.0216. The summed E-state index contributed by atoms with van der Waals surface area (Å²) in [5, 5.41) is 2.76. The number of ether oxygens (including phenoxy) is 3. The number of amides is 2. The zero-order valence-electron chi connectivity index (χ0n) is 22.8. The van der Waals surface area contributed by atoms with E-state index in [1.807, 2.05) is 90.9 Å². The number of nitrogens with zero attached hydrogens (tertiary/aromatic N) is 2. The lowest BCUT2D eigenvalue weighted by Crippen LogP contribution is -2.36. The lowest BCUT2D eigenvalue weighted by Gasteiger charge is -2.28. The number of nitrogens with one attached hydrogen (secondary N) is 1. The molecular formula is C28H38N4O5. The molecule has 0 bridgehead atoms. The SMILES string of the molecule is CC1Oc2ccc(CN(Cc3cccc(CNC(=O)OC(C)(C)C)c3)C(=O)OC(C)(C)C)cc2N=C1N. The van der Waals surface area contributed by atoms with Crippen LogP contribution in [0, 0.1) is 0 Å². The Morgan fingerprint density at radius 2 is 1.59 bits per heavy atom. The molecule has 1 aliphatic rings. The molecule has 37 heavy (non-hydrogen) atoms. The maximum Gasteiger partial charge on any atom is 0.410 e. The van der Waals surface area contributed by atoms with Gasteiger partial charge in [-0.25, -0.2) is 14.6 Å². The maximum atomic E-state index is 13.1. The Morgan fingerprint density at radius 3 is 2.24 bits per heavy atom. The van der Waals surface area contributed by atoms with Gasteiger partial charge in [0.25, 0.3) is 0 Å². The van der Waals surface area contributed by atoms with Gasteiger partial charge in [-0.2, -0.15) is 0 Å². The first kappa shape index (κ1) is 27.8. The summed E-state index contributed by atoms with van der Waals surface area (Å²) in [5.74, 6) is 1.06. The number of aliphatic imine (C=N–C) groups is 1. The van der Waals surface area contributed by atoms with Crippen LogP contribution in [0.4, 0.5) is 15.3 Å². The molecule has 0 spiro atoms. The van der Waals surface area contributed by atoms with Gasteiger partial charge in [0.1, 0.15) is 28.5 Å². The number of amidine groups is 1. The van der Waals surface area contributed by atoms with Crippen molar-refractivity contribution in [3.8, 4) is 5.75 Å². The summed E-state index contributed by atoms with van der Waals surface area (Å²) in [5.41, 5.74) is 8.02. The van der Waals surface area contributed by atoms with E-state index in [0.29, 0.717) is 36.9 Å². The minimum atomic E-state index is -0.646. The summed E-state index contributed by atoms with van der Waals surface area (Å²) in [4.78, 5) is 31.2. The first-order chi connectivity index (χ1) is 17.2. The third kappa shape index (κ3) is 8.70. The largest absolute Gasteiger partial charge is 0.481 e. The highest BCUT2D eigenvalue weighted by Crippen LogP contribution is 2.33. The predicted octanol–water partition coefficient (Wildman–Crippen LogP) is 5.42. The Labute approximate surface area is 219 Å². The van der Waals surface area contributed by atoms with Gasteiger partial charge in [0.15, 0.2) is 6.10 Å². The Balaban J connectivity index is 1.77.